The molecule has 4 nitrogen and oxygen atoms in total. The highest BCUT2D eigenvalue weighted by molar-refractivity contribution is 5.74. The Morgan fingerprint density at radius 1 is 1.35 bits per heavy atom. The Morgan fingerprint density at radius 2 is 2.09 bits per heavy atom. The number of halogens is 3. The van der Waals surface area contributed by atoms with Gasteiger partial charge in [0.05, 0.1) is 0 Å². The van der Waals surface area contributed by atoms with Gasteiger partial charge in [-0.3, -0.25) is 0 Å². The molecule has 1 unspecified atom stereocenters. The molecule has 0 aromatic heterocycles. The molecule has 7 heteroatoms. The van der Waals surface area contributed by atoms with Gasteiger partial charge in [0.25, 0.3) is 0 Å². The van der Waals surface area contributed by atoms with E-state index in [-0.39, 0.29) is 24.4 Å². The fourth-order valence-electron chi connectivity index (χ4n) is 3.78. The monoisotopic (exact) mass is 328 g/mol. The van der Waals surface area contributed by atoms with Gasteiger partial charge in [-0.15, -0.1) is 13.2 Å². The first-order chi connectivity index (χ1) is 10.7. The van der Waals surface area contributed by atoms with Crippen LogP contribution in [0.2, 0.25) is 0 Å². The molecule has 3 saturated carbocycles. The first kappa shape index (κ1) is 16.0. The standard InChI is InChI=1S/C16H19F3N2O2/c1-15-6-11(7-15)13(8-15)21-14(22)20-9-10-3-2-4-12(5-10)23-16(17,18)19/h2-5,11,13H,6-9H2,1H3,(H2,20,21,22). The highest BCUT2D eigenvalue weighted by Crippen LogP contribution is 2.58. The zero-order valence-electron chi connectivity index (χ0n) is 12.7. The van der Waals surface area contributed by atoms with Crippen molar-refractivity contribution in [3.8, 4) is 5.75 Å². The number of hydrogen-bond acceptors (Lipinski definition) is 2. The molecular weight excluding hydrogens is 309 g/mol. The van der Waals surface area contributed by atoms with Crippen molar-refractivity contribution in [1.29, 1.82) is 0 Å². The lowest BCUT2D eigenvalue weighted by molar-refractivity contribution is -0.274. The van der Waals surface area contributed by atoms with Crippen molar-refractivity contribution in [3.63, 3.8) is 0 Å². The van der Waals surface area contributed by atoms with E-state index in [1.54, 1.807) is 6.07 Å². The number of rotatable bonds is 4. The number of urea groups is 1. The van der Waals surface area contributed by atoms with Gasteiger partial charge in [-0.2, -0.15) is 0 Å². The van der Waals surface area contributed by atoms with Crippen LogP contribution in [0.4, 0.5) is 18.0 Å². The second-order valence-electron chi connectivity index (χ2n) is 6.81. The summed E-state index contributed by atoms with van der Waals surface area (Å²) in [5.74, 6) is 0.274. The highest BCUT2D eigenvalue weighted by atomic mass is 19.4. The second kappa shape index (κ2) is 5.62. The van der Waals surface area contributed by atoms with Crippen LogP contribution in [0.3, 0.4) is 0 Å². The van der Waals surface area contributed by atoms with Gasteiger partial charge in [0.2, 0.25) is 0 Å². The topological polar surface area (TPSA) is 50.4 Å². The summed E-state index contributed by atoms with van der Waals surface area (Å²) in [5.41, 5.74) is 0.927. The van der Waals surface area contributed by atoms with Crippen LogP contribution in [-0.2, 0) is 6.54 Å². The molecule has 0 spiro atoms. The molecule has 2 N–H and O–H groups in total. The molecular formula is C16H19F3N2O2. The maximum Gasteiger partial charge on any atom is 0.573 e. The van der Waals surface area contributed by atoms with Crippen LogP contribution >= 0.6 is 0 Å². The summed E-state index contributed by atoms with van der Waals surface area (Å²) in [5, 5.41) is 5.64. The predicted molar refractivity (Wildman–Crippen MR) is 77.7 cm³/mol. The first-order valence-corrected chi connectivity index (χ1v) is 7.62. The number of carbonyl (C=O) groups excluding carboxylic acids is 1. The van der Waals surface area contributed by atoms with Crippen LogP contribution in [0.25, 0.3) is 0 Å². The van der Waals surface area contributed by atoms with Crippen LogP contribution in [0, 0.1) is 11.3 Å². The molecule has 4 rings (SSSR count). The van der Waals surface area contributed by atoms with E-state index in [2.05, 4.69) is 22.3 Å². The van der Waals surface area contributed by atoms with E-state index >= 15 is 0 Å². The summed E-state index contributed by atoms with van der Waals surface area (Å²) < 4.78 is 40.4. The van der Waals surface area contributed by atoms with Crippen molar-refractivity contribution in [2.45, 2.75) is 45.1 Å². The summed E-state index contributed by atoms with van der Waals surface area (Å²) in [7, 11) is 0. The molecule has 0 saturated heterocycles. The van der Waals surface area contributed by atoms with Crippen molar-refractivity contribution in [2.75, 3.05) is 0 Å². The Balaban J connectivity index is 1.48. The van der Waals surface area contributed by atoms with Crippen LogP contribution in [0.1, 0.15) is 31.7 Å². The fourth-order valence-corrected chi connectivity index (χ4v) is 3.78. The molecule has 1 aromatic rings. The lowest BCUT2D eigenvalue weighted by Gasteiger charge is -2.34. The van der Waals surface area contributed by atoms with Crippen LogP contribution in [0.5, 0.6) is 5.75 Å². The van der Waals surface area contributed by atoms with Gasteiger partial charge in [0, 0.05) is 12.6 Å². The van der Waals surface area contributed by atoms with E-state index in [9.17, 15) is 18.0 Å². The molecule has 1 atom stereocenters. The third-order valence-electron chi connectivity index (χ3n) is 4.69. The van der Waals surface area contributed by atoms with Crippen molar-refractivity contribution < 1.29 is 22.7 Å². The number of amides is 2. The SMILES string of the molecule is CC12CC(C1)C(NC(=O)NCc1cccc(OC(F)(F)F)c1)C2. The van der Waals surface area contributed by atoms with Crippen molar-refractivity contribution in [1.82, 2.24) is 10.6 Å². The molecule has 0 heterocycles. The quantitative estimate of drug-likeness (QED) is 0.888. The Kier molecular flexibility index (Phi) is 3.90. The minimum atomic E-state index is -4.72. The van der Waals surface area contributed by atoms with Crippen LogP contribution < -0.4 is 15.4 Å². The Bertz CT molecular complexity index is 597. The molecule has 126 valence electrons. The van der Waals surface area contributed by atoms with Gasteiger partial charge in [-0.25, -0.2) is 4.79 Å². The number of carbonyl (C=O) groups is 1. The average molecular weight is 328 g/mol. The molecule has 2 amide bonds. The van der Waals surface area contributed by atoms with Crippen molar-refractivity contribution in [2.24, 2.45) is 11.3 Å². The molecule has 23 heavy (non-hydrogen) atoms. The summed E-state index contributed by atoms with van der Waals surface area (Å²) in [6.45, 7) is 2.38. The minimum absolute atomic E-state index is 0.148. The first-order valence-electron chi connectivity index (χ1n) is 7.62. The number of hydrogen-bond donors (Lipinski definition) is 2. The lowest BCUT2D eigenvalue weighted by atomic mass is 9.71. The predicted octanol–water partition coefficient (Wildman–Crippen LogP) is 3.57. The summed E-state index contributed by atoms with van der Waals surface area (Å²) in [6, 6.07) is 5.51. The van der Waals surface area contributed by atoms with E-state index in [4.69, 9.17) is 0 Å². The molecule has 3 aliphatic carbocycles. The van der Waals surface area contributed by atoms with Gasteiger partial charge in [0.1, 0.15) is 5.75 Å². The maximum absolute atomic E-state index is 12.2. The van der Waals surface area contributed by atoms with Gasteiger partial charge in [-0.05, 0) is 48.3 Å². The van der Waals surface area contributed by atoms with Gasteiger partial charge in [-0.1, -0.05) is 19.1 Å². The van der Waals surface area contributed by atoms with Crippen molar-refractivity contribution >= 4 is 6.03 Å². The Hall–Kier alpha value is -1.92. The maximum atomic E-state index is 12.2. The smallest absolute Gasteiger partial charge is 0.406 e. The Labute approximate surface area is 132 Å². The van der Waals surface area contributed by atoms with E-state index in [1.165, 1.54) is 18.2 Å². The molecule has 3 aliphatic rings. The summed E-state index contributed by atoms with van der Waals surface area (Å²) in [4.78, 5) is 11.9. The van der Waals surface area contributed by atoms with E-state index in [1.807, 2.05) is 0 Å². The third kappa shape index (κ3) is 3.89. The molecule has 2 bridgehead atoms. The molecule has 0 aliphatic heterocycles. The largest absolute Gasteiger partial charge is 0.573 e. The normalized spacial score (nSPS) is 28.9. The lowest BCUT2D eigenvalue weighted by Crippen LogP contribution is -2.42. The van der Waals surface area contributed by atoms with Gasteiger partial charge in [0.15, 0.2) is 0 Å². The summed E-state index contributed by atoms with van der Waals surface area (Å²) in [6.07, 6.45) is -1.40. The van der Waals surface area contributed by atoms with Crippen LogP contribution in [-0.4, -0.2) is 18.4 Å². The van der Waals surface area contributed by atoms with Gasteiger partial charge >= 0.3 is 12.4 Å². The zero-order chi connectivity index (χ0) is 16.7. The number of ether oxygens (including phenoxy) is 1. The van der Waals surface area contributed by atoms with E-state index in [0.717, 1.165) is 19.3 Å². The number of benzene rings is 1. The third-order valence-corrected chi connectivity index (χ3v) is 4.69. The molecule has 0 radical (unpaired) electrons. The van der Waals surface area contributed by atoms with Gasteiger partial charge < -0.3 is 15.4 Å². The number of alkyl halides is 3. The minimum Gasteiger partial charge on any atom is -0.406 e. The summed E-state index contributed by atoms with van der Waals surface area (Å²) >= 11 is 0. The zero-order valence-corrected chi connectivity index (χ0v) is 12.7. The highest BCUT2D eigenvalue weighted by Gasteiger charge is 2.53. The Morgan fingerprint density at radius 3 is 2.70 bits per heavy atom. The molecule has 1 aromatic carbocycles. The van der Waals surface area contributed by atoms with Crippen LogP contribution in [0.15, 0.2) is 24.3 Å². The van der Waals surface area contributed by atoms with Crippen molar-refractivity contribution in [3.05, 3.63) is 29.8 Å². The fraction of sp³-hybridized carbons (Fsp3) is 0.562. The van der Waals surface area contributed by atoms with E-state index in [0.29, 0.717) is 16.9 Å². The molecule has 3 fully saturated rings. The second-order valence-corrected chi connectivity index (χ2v) is 6.81. The number of fused-ring (bicyclic) bond motifs is 1. The van der Waals surface area contributed by atoms with E-state index < -0.39 is 6.36 Å². The average Bonchev–Trinajstić information content (AvgIpc) is 2.86. The number of nitrogens with one attached hydrogen (secondary N) is 2.